The number of likely N-dealkylation sites (N-methyl/N-ethyl adjacent to an activating group) is 1. The fraction of sp³-hybridized carbons (Fsp3) is 0.800. The van der Waals surface area contributed by atoms with Crippen molar-refractivity contribution in [1.29, 1.82) is 0 Å². The van der Waals surface area contributed by atoms with Gasteiger partial charge >= 0.3 is 11.9 Å². The highest BCUT2D eigenvalue weighted by molar-refractivity contribution is 5.72. The molecule has 0 radical (unpaired) electrons. The molecule has 0 heterocycles. The number of carbonyl (C=O) groups excluding carboxylic acids is 2. The Bertz CT molecular complexity index is 206. The molecule has 0 amide bonds. The maximum absolute atomic E-state index is 11.1. The maximum atomic E-state index is 11.1. The Morgan fingerprint density at radius 1 is 1.20 bits per heavy atom. The van der Waals surface area contributed by atoms with Gasteiger partial charge in [-0.15, -0.1) is 0 Å². The van der Waals surface area contributed by atoms with Crippen molar-refractivity contribution in [3.8, 4) is 0 Å². The SMILES string of the molecule is CCOC(=O)CN(CC)CCC(=O)OC. The van der Waals surface area contributed by atoms with Crippen LogP contribution < -0.4 is 0 Å². The van der Waals surface area contributed by atoms with Gasteiger partial charge in [0.1, 0.15) is 0 Å². The lowest BCUT2D eigenvalue weighted by molar-refractivity contribution is -0.146. The zero-order valence-electron chi connectivity index (χ0n) is 9.62. The van der Waals surface area contributed by atoms with Crippen LogP contribution in [0, 0.1) is 0 Å². The quantitative estimate of drug-likeness (QED) is 0.579. The number of carbonyl (C=O) groups is 2. The highest BCUT2D eigenvalue weighted by Gasteiger charge is 2.11. The highest BCUT2D eigenvalue weighted by Crippen LogP contribution is 1.94. The monoisotopic (exact) mass is 217 g/mol. The molecule has 0 spiro atoms. The van der Waals surface area contributed by atoms with Gasteiger partial charge < -0.3 is 9.47 Å². The molecule has 5 heteroatoms. The van der Waals surface area contributed by atoms with Gasteiger partial charge in [-0.05, 0) is 13.5 Å². The summed E-state index contributed by atoms with van der Waals surface area (Å²) in [6.07, 6.45) is 0.295. The van der Waals surface area contributed by atoms with Crippen LogP contribution in [-0.2, 0) is 19.1 Å². The van der Waals surface area contributed by atoms with Crippen molar-refractivity contribution in [3.63, 3.8) is 0 Å². The van der Waals surface area contributed by atoms with E-state index in [0.717, 1.165) is 0 Å². The van der Waals surface area contributed by atoms with Crippen LogP contribution in [-0.4, -0.2) is 50.2 Å². The summed E-state index contributed by atoms with van der Waals surface area (Å²) in [7, 11) is 1.35. The van der Waals surface area contributed by atoms with Gasteiger partial charge in [-0.2, -0.15) is 0 Å². The predicted molar refractivity (Wildman–Crippen MR) is 55.4 cm³/mol. The molecule has 0 saturated heterocycles. The third kappa shape index (κ3) is 6.90. The van der Waals surface area contributed by atoms with Crippen LogP contribution in [0.2, 0.25) is 0 Å². The van der Waals surface area contributed by atoms with E-state index in [-0.39, 0.29) is 18.5 Å². The smallest absolute Gasteiger partial charge is 0.320 e. The van der Waals surface area contributed by atoms with Crippen LogP contribution in [0.1, 0.15) is 20.3 Å². The van der Waals surface area contributed by atoms with Crippen molar-refractivity contribution >= 4 is 11.9 Å². The molecular weight excluding hydrogens is 198 g/mol. The van der Waals surface area contributed by atoms with Crippen molar-refractivity contribution in [1.82, 2.24) is 4.90 Å². The largest absolute Gasteiger partial charge is 0.469 e. The summed E-state index contributed by atoms with van der Waals surface area (Å²) in [4.78, 5) is 23.9. The van der Waals surface area contributed by atoms with Crippen molar-refractivity contribution in [2.75, 3.05) is 33.4 Å². The van der Waals surface area contributed by atoms with Gasteiger partial charge in [-0.25, -0.2) is 0 Å². The van der Waals surface area contributed by atoms with E-state index >= 15 is 0 Å². The lowest BCUT2D eigenvalue weighted by Gasteiger charge is -2.18. The van der Waals surface area contributed by atoms with Gasteiger partial charge in [0.15, 0.2) is 0 Å². The zero-order valence-corrected chi connectivity index (χ0v) is 9.62. The predicted octanol–water partition coefficient (Wildman–Crippen LogP) is 0.434. The number of hydrogen-bond acceptors (Lipinski definition) is 5. The van der Waals surface area contributed by atoms with E-state index < -0.39 is 0 Å². The molecule has 15 heavy (non-hydrogen) atoms. The minimum absolute atomic E-state index is 0.224. The first-order valence-electron chi connectivity index (χ1n) is 5.08. The van der Waals surface area contributed by atoms with Gasteiger partial charge in [0.2, 0.25) is 0 Å². The molecule has 0 aromatic rings. The minimum Gasteiger partial charge on any atom is -0.469 e. The fourth-order valence-electron chi connectivity index (χ4n) is 1.09. The number of hydrogen-bond donors (Lipinski definition) is 0. The summed E-state index contributed by atoms with van der Waals surface area (Å²) in [5, 5.41) is 0. The fourth-order valence-corrected chi connectivity index (χ4v) is 1.09. The molecule has 0 saturated carbocycles. The van der Waals surface area contributed by atoms with Crippen LogP contribution in [0.3, 0.4) is 0 Å². The van der Waals surface area contributed by atoms with E-state index in [1.165, 1.54) is 7.11 Å². The van der Waals surface area contributed by atoms with E-state index in [1.807, 2.05) is 11.8 Å². The van der Waals surface area contributed by atoms with Crippen molar-refractivity contribution in [2.24, 2.45) is 0 Å². The van der Waals surface area contributed by atoms with E-state index in [2.05, 4.69) is 4.74 Å². The second-order valence-corrected chi connectivity index (χ2v) is 3.00. The molecule has 0 aliphatic heterocycles. The number of esters is 2. The lowest BCUT2D eigenvalue weighted by atomic mass is 10.3. The van der Waals surface area contributed by atoms with Gasteiger partial charge in [0, 0.05) is 6.54 Å². The minimum atomic E-state index is -0.266. The van der Waals surface area contributed by atoms with Gasteiger partial charge in [0.25, 0.3) is 0 Å². The first-order valence-corrected chi connectivity index (χ1v) is 5.08. The molecule has 0 atom stereocenters. The Balaban J connectivity index is 3.82. The van der Waals surface area contributed by atoms with Gasteiger partial charge in [-0.1, -0.05) is 6.92 Å². The highest BCUT2D eigenvalue weighted by atomic mass is 16.5. The molecule has 0 N–H and O–H groups in total. The number of methoxy groups -OCH3 is 1. The second-order valence-electron chi connectivity index (χ2n) is 3.00. The molecule has 0 unspecified atom stereocenters. The van der Waals surface area contributed by atoms with Gasteiger partial charge in [-0.3, -0.25) is 14.5 Å². The zero-order chi connectivity index (χ0) is 11.7. The Labute approximate surface area is 90.3 Å². The van der Waals surface area contributed by atoms with Crippen LogP contribution >= 0.6 is 0 Å². The molecule has 0 aliphatic rings. The third-order valence-electron chi connectivity index (χ3n) is 1.97. The molecule has 0 aromatic heterocycles. The summed E-state index contributed by atoms with van der Waals surface area (Å²) >= 11 is 0. The first-order chi connectivity index (χ1) is 7.13. The number of rotatable bonds is 7. The lowest BCUT2D eigenvalue weighted by Crippen LogP contribution is -2.32. The summed E-state index contributed by atoms with van der Waals surface area (Å²) in [5.74, 6) is -0.526. The molecule has 0 aromatic carbocycles. The standard InChI is InChI=1S/C10H19NO4/c1-4-11(7-6-9(12)14-3)8-10(13)15-5-2/h4-8H2,1-3H3. The van der Waals surface area contributed by atoms with E-state index in [4.69, 9.17) is 4.74 Å². The molecule has 0 fully saturated rings. The number of nitrogens with zero attached hydrogens (tertiary/aromatic N) is 1. The molecule has 0 rings (SSSR count). The Hall–Kier alpha value is -1.10. The summed E-state index contributed by atoms with van der Waals surface area (Å²) in [6, 6.07) is 0. The molecule has 88 valence electrons. The average molecular weight is 217 g/mol. The molecular formula is C10H19NO4. The van der Waals surface area contributed by atoms with Crippen LogP contribution in [0.25, 0.3) is 0 Å². The van der Waals surface area contributed by atoms with Crippen LogP contribution in [0.5, 0.6) is 0 Å². The summed E-state index contributed by atoms with van der Waals surface area (Å²) in [5.41, 5.74) is 0. The molecule has 0 bridgehead atoms. The van der Waals surface area contributed by atoms with E-state index in [1.54, 1.807) is 6.92 Å². The Morgan fingerprint density at radius 2 is 1.87 bits per heavy atom. The summed E-state index contributed by atoms with van der Waals surface area (Å²) < 4.78 is 9.33. The van der Waals surface area contributed by atoms with Crippen molar-refractivity contribution in [2.45, 2.75) is 20.3 Å². The van der Waals surface area contributed by atoms with Crippen molar-refractivity contribution < 1.29 is 19.1 Å². The second kappa shape index (κ2) is 8.23. The average Bonchev–Trinajstić information content (AvgIpc) is 2.23. The Kier molecular flexibility index (Phi) is 7.62. The topological polar surface area (TPSA) is 55.8 Å². The van der Waals surface area contributed by atoms with Gasteiger partial charge in [0.05, 0.1) is 26.7 Å². The molecule has 0 aliphatic carbocycles. The van der Waals surface area contributed by atoms with Crippen LogP contribution in [0.4, 0.5) is 0 Å². The van der Waals surface area contributed by atoms with E-state index in [0.29, 0.717) is 26.1 Å². The summed E-state index contributed by atoms with van der Waals surface area (Å²) in [6.45, 7) is 5.52. The number of ether oxygens (including phenoxy) is 2. The Morgan fingerprint density at radius 3 is 2.33 bits per heavy atom. The van der Waals surface area contributed by atoms with E-state index in [9.17, 15) is 9.59 Å². The molecule has 5 nitrogen and oxygen atoms in total. The first kappa shape index (κ1) is 13.9. The normalized spacial score (nSPS) is 10.1. The van der Waals surface area contributed by atoms with Crippen LogP contribution in [0.15, 0.2) is 0 Å². The third-order valence-corrected chi connectivity index (χ3v) is 1.97. The van der Waals surface area contributed by atoms with Crippen molar-refractivity contribution in [3.05, 3.63) is 0 Å². The maximum Gasteiger partial charge on any atom is 0.320 e.